The number of amides is 1. The van der Waals surface area contributed by atoms with Gasteiger partial charge in [0.15, 0.2) is 0 Å². The number of likely N-dealkylation sites (tertiary alicyclic amines) is 1. The maximum Gasteiger partial charge on any atom is 0.223 e. The van der Waals surface area contributed by atoms with E-state index in [1.807, 2.05) is 25.1 Å². The fraction of sp³-hybridized carbons (Fsp3) is 0.611. The van der Waals surface area contributed by atoms with E-state index in [0.717, 1.165) is 19.5 Å². The first-order valence-corrected chi connectivity index (χ1v) is 8.35. The fourth-order valence-corrected chi connectivity index (χ4v) is 3.04. The van der Waals surface area contributed by atoms with Gasteiger partial charge in [0, 0.05) is 52.2 Å². The van der Waals surface area contributed by atoms with E-state index in [1.54, 1.807) is 19.0 Å². The number of nitrogens with one attached hydrogen (secondary N) is 1. The van der Waals surface area contributed by atoms with E-state index >= 15 is 0 Å². The van der Waals surface area contributed by atoms with Crippen LogP contribution in [0.4, 0.5) is 0 Å². The molecule has 1 heterocycles. The van der Waals surface area contributed by atoms with Crippen LogP contribution in [0.1, 0.15) is 25.3 Å². The van der Waals surface area contributed by atoms with Crippen molar-refractivity contribution in [2.45, 2.75) is 44.5 Å². The first-order valence-electron chi connectivity index (χ1n) is 8.35. The summed E-state index contributed by atoms with van der Waals surface area (Å²) < 4.78 is 0. The summed E-state index contributed by atoms with van der Waals surface area (Å²) in [5, 5.41) is 13.4. The molecule has 2 N–H and O–H groups in total. The highest BCUT2D eigenvalue weighted by Crippen LogP contribution is 2.20. The van der Waals surface area contributed by atoms with Crippen LogP contribution in [0, 0.1) is 0 Å². The van der Waals surface area contributed by atoms with Crippen molar-refractivity contribution in [2.75, 3.05) is 27.2 Å². The SMILES string of the molecule is CC(CC(=O)N(C)C)NCC1CC(O)CN1Cc1ccccc1. The van der Waals surface area contributed by atoms with Gasteiger partial charge in [-0.15, -0.1) is 0 Å². The van der Waals surface area contributed by atoms with E-state index < -0.39 is 0 Å². The highest BCUT2D eigenvalue weighted by molar-refractivity contribution is 5.76. The van der Waals surface area contributed by atoms with E-state index in [0.29, 0.717) is 19.0 Å². The molecule has 3 atom stereocenters. The van der Waals surface area contributed by atoms with E-state index in [-0.39, 0.29) is 18.1 Å². The molecule has 2 rings (SSSR count). The summed E-state index contributed by atoms with van der Waals surface area (Å²) in [4.78, 5) is 15.7. The second-order valence-corrected chi connectivity index (χ2v) is 6.76. The summed E-state index contributed by atoms with van der Waals surface area (Å²) in [5.41, 5.74) is 1.27. The summed E-state index contributed by atoms with van der Waals surface area (Å²) in [6, 6.07) is 10.8. The second kappa shape index (κ2) is 8.43. The summed E-state index contributed by atoms with van der Waals surface area (Å²) in [6.07, 6.45) is 1.03. The first-order chi connectivity index (χ1) is 11.0. The molecule has 0 spiro atoms. The molecule has 1 aliphatic heterocycles. The first kappa shape index (κ1) is 17.9. The van der Waals surface area contributed by atoms with Gasteiger partial charge in [0.2, 0.25) is 5.91 Å². The zero-order valence-corrected chi connectivity index (χ0v) is 14.4. The minimum absolute atomic E-state index is 0.137. The van der Waals surface area contributed by atoms with Gasteiger partial charge >= 0.3 is 0 Å². The molecule has 1 aromatic rings. The number of hydrogen-bond acceptors (Lipinski definition) is 4. The maximum atomic E-state index is 11.7. The topological polar surface area (TPSA) is 55.8 Å². The van der Waals surface area contributed by atoms with Crippen molar-refractivity contribution >= 4 is 5.91 Å². The molecule has 5 nitrogen and oxygen atoms in total. The molecule has 0 aliphatic carbocycles. The molecule has 23 heavy (non-hydrogen) atoms. The molecular formula is C18H29N3O2. The third kappa shape index (κ3) is 5.61. The zero-order valence-electron chi connectivity index (χ0n) is 14.4. The molecule has 1 aromatic carbocycles. The number of hydrogen-bond donors (Lipinski definition) is 2. The molecule has 5 heteroatoms. The predicted octanol–water partition coefficient (Wildman–Crippen LogP) is 1.08. The van der Waals surface area contributed by atoms with Crippen molar-refractivity contribution in [3.63, 3.8) is 0 Å². The Balaban J connectivity index is 1.83. The molecule has 1 fully saturated rings. The average Bonchev–Trinajstić information content (AvgIpc) is 2.85. The van der Waals surface area contributed by atoms with Crippen molar-refractivity contribution in [1.29, 1.82) is 0 Å². The van der Waals surface area contributed by atoms with Gasteiger partial charge in [0.25, 0.3) is 0 Å². The van der Waals surface area contributed by atoms with Crippen LogP contribution in [-0.4, -0.2) is 66.2 Å². The Labute approximate surface area is 139 Å². The molecular weight excluding hydrogens is 290 g/mol. The number of benzene rings is 1. The lowest BCUT2D eigenvalue weighted by Gasteiger charge is -2.26. The van der Waals surface area contributed by atoms with Crippen molar-refractivity contribution in [3.8, 4) is 0 Å². The monoisotopic (exact) mass is 319 g/mol. The molecule has 0 saturated carbocycles. The normalized spacial score (nSPS) is 23.0. The molecule has 1 amide bonds. The third-order valence-electron chi connectivity index (χ3n) is 4.42. The Hall–Kier alpha value is -1.43. The summed E-state index contributed by atoms with van der Waals surface area (Å²) in [7, 11) is 3.56. The van der Waals surface area contributed by atoms with Gasteiger partial charge in [0.05, 0.1) is 6.10 Å². The minimum Gasteiger partial charge on any atom is -0.392 e. The quantitative estimate of drug-likeness (QED) is 0.790. The standard InChI is InChI=1S/C18H29N3O2/c1-14(9-18(23)20(2)3)19-11-16-10-17(22)13-21(16)12-15-7-5-4-6-8-15/h4-8,14,16-17,19,22H,9-13H2,1-3H3. The minimum atomic E-state index is -0.260. The Morgan fingerprint density at radius 1 is 1.39 bits per heavy atom. The van der Waals surface area contributed by atoms with Gasteiger partial charge in [-0.25, -0.2) is 0 Å². The Bertz CT molecular complexity index is 492. The van der Waals surface area contributed by atoms with Crippen LogP contribution in [0.3, 0.4) is 0 Å². The third-order valence-corrected chi connectivity index (χ3v) is 4.42. The van der Waals surface area contributed by atoms with Gasteiger partial charge in [-0.1, -0.05) is 30.3 Å². The number of carbonyl (C=O) groups excluding carboxylic acids is 1. The molecule has 3 unspecified atom stereocenters. The summed E-state index contributed by atoms with van der Waals surface area (Å²) >= 11 is 0. The van der Waals surface area contributed by atoms with Crippen LogP contribution in [0.15, 0.2) is 30.3 Å². The van der Waals surface area contributed by atoms with E-state index in [4.69, 9.17) is 0 Å². The van der Waals surface area contributed by atoms with Crippen molar-refractivity contribution in [3.05, 3.63) is 35.9 Å². The molecule has 0 bridgehead atoms. The lowest BCUT2D eigenvalue weighted by molar-refractivity contribution is -0.129. The summed E-state index contributed by atoms with van der Waals surface area (Å²) in [6.45, 7) is 4.40. The molecule has 1 saturated heterocycles. The zero-order chi connectivity index (χ0) is 16.8. The van der Waals surface area contributed by atoms with Gasteiger partial charge in [-0.3, -0.25) is 9.69 Å². The van der Waals surface area contributed by atoms with E-state index in [1.165, 1.54) is 5.56 Å². The number of aliphatic hydroxyl groups excluding tert-OH is 1. The Morgan fingerprint density at radius 3 is 2.74 bits per heavy atom. The number of aliphatic hydroxyl groups is 1. The maximum absolute atomic E-state index is 11.7. The molecule has 0 aromatic heterocycles. The number of carbonyl (C=O) groups is 1. The smallest absolute Gasteiger partial charge is 0.223 e. The Morgan fingerprint density at radius 2 is 2.09 bits per heavy atom. The summed E-state index contributed by atoms with van der Waals surface area (Å²) in [5.74, 6) is 0.137. The molecule has 128 valence electrons. The predicted molar refractivity (Wildman–Crippen MR) is 92.0 cm³/mol. The van der Waals surface area contributed by atoms with Crippen molar-refractivity contribution in [2.24, 2.45) is 0 Å². The van der Waals surface area contributed by atoms with Crippen LogP contribution < -0.4 is 5.32 Å². The van der Waals surface area contributed by atoms with Crippen LogP contribution in [-0.2, 0) is 11.3 Å². The molecule has 0 radical (unpaired) electrons. The largest absolute Gasteiger partial charge is 0.392 e. The van der Waals surface area contributed by atoms with Crippen molar-refractivity contribution < 1.29 is 9.90 Å². The lowest BCUT2D eigenvalue weighted by atomic mass is 10.1. The van der Waals surface area contributed by atoms with E-state index in [2.05, 4.69) is 22.3 Å². The van der Waals surface area contributed by atoms with Gasteiger partial charge in [-0.05, 0) is 18.9 Å². The van der Waals surface area contributed by atoms with Crippen molar-refractivity contribution in [1.82, 2.24) is 15.1 Å². The second-order valence-electron chi connectivity index (χ2n) is 6.76. The van der Waals surface area contributed by atoms with Crippen LogP contribution >= 0.6 is 0 Å². The van der Waals surface area contributed by atoms with Crippen LogP contribution in [0.2, 0.25) is 0 Å². The number of β-amino-alcohol motifs (C(OH)–C–C–N with tert-alkyl or cyclic N) is 1. The highest BCUT2D eigenvalue weighted by atomic mass is 16.3. The van der Waals surface area contributed by atoms with Crippen LogP contribution in [0.5, 0.6) is 0 Å². The lowest BCUT2D eigenvalue weighted by Crippen LogP contribution is -2.42. The molecule has 1 aliphatic rings. The Kier molecular flexibility index (Phi) is 6.57. The van der Waals surface area contributed by atoms with E-state index in [9.17, 15) is 9.90 Å². The number of rotatable bonds is 7. The average molecular weight is 319 g/mol. The van der Waals surface area contributed by atoms with Crippen LogP contribution in [0.25, 0.3) is 0 Å². The number of nitrogens with zero attached hydrogens (tertiary/aromatic N) is 2. The van der Waals surface area contributed by atoms with Gasteiger partial charge in [-0.2, -0.15) is 0 Å². The van der Waals surface area contributed by atoms with Gasteiger partial charge < -0.3 is 15.3 Å². The fourth-order valence-electron chi connectivity index (χ4n) is 3.04. The van der Waals surface area contributed by atoms with Gasteiger partial charge in [0.1, 0.15) is 0 Å². The highest BCUT2D eigenvalue weighted by Gasteiger charge is 2.30.